The Labute approximate surface area is 110 Å². The van der Waals surface area contributed by atoms with Gasteiger partial charge in [-0.25, -0.2) is 13.1 Å². The lowest BCUT2D eigenvalue weighted by molar-refractivity contribution is 0.402. The van der Waals surface area contributed by atoms with Crippen LogP contribution in [0.25, 0.3) is 0 Å². The standard InChI is InChI=1S/C10H17N3O3S2/c14-10-13-9(6-17-10)5-12-18(15,16)7-8-2-1-3-11-4-8/h6,8,11-12H,1-5,7H2,(H,13,14). The maximum Gasteiger partial charge on any atom is 0.304 e. The summed E-state index contributed by atoms with van der Waals surface area (Å²) in [4.78, 5) is 13.3. The van der Waals surface area contributed by atoms with Gasteiger partial charge in [-0.2, -0.15) is 0 Å². The summed E-state index contributed by atoms with van der Waals surface area (Å²) in [5.41, 5.74) is 0.607. The second-order valence-electron chi connectivity index (χ2n) is 4.49. The lowest BCUT2D eigenvalue weighted by atomic mass is 10.0. The first-order chi connectivity index (χ1) is 8.55. The largest absolute Gasteiger partial charge is 0.316 e. The van der Waals surface area contributed by atoms with E-state index in [1.807, 2.05) is 0 Å². The van der Waals surface area contributed by atoms with E-state index < -0.39 is 10.0 Å². The minimum atomic E-state index is -3.28. The molecule has 1 aliphatic rings. The zero-order chi connectivity index (χ0) is 13.0. The van der Waals surface area contributed by atoms with Crippen molar-refractivity contribution in [1.82, 2.24) is 15.0 Å². The molecule has 1 unspecified atom stereocenters. The van der Waals surface area contributed by atoms with Crippen LogP contribution in [0.3, 0.4) is 0 Å². The summed E-state index contributed by atoms with van der Waals surface area (Å²) in [5, 5.41) is 4.83. The highest BCUT2D eigenvalue weighted by Crippen LogP contribution is 2.12. The molecule has 1 aromatic heterocycles. The maximum atomic E-state index is 11.9. The van der Waals surface area contributed by atoms with E-state index in [0.29, 0.717) is 5.69 Å². The number of aromatic nitrogens is 1. The summed E-state index contributed by atoms with van der Waals surface area (Å²) in [6, 6.07) is 0. The van der Waals surface area contributed by atoms with Crippen molar-refractivity contribution in [3.05, 3.63) is 20.7 Å². The summed E-state index contributed by atoms with van der Waals surface area (Å²) in [6.07, 6.45) is 1.97. The first-order valence-electron chi connectivity index (χ1n) is 5.90. The van der Waals surface area contributed by atoms with Crippen LogP contribution >= 0.6 is 11.3 Å². The average molecular weight is 291 g/mol. The normalized spacial score (nSPS) is 21.0. The molecule has 0 bridgehead atoms. The summed E-state index contributed by atoms with van der Waals surface area (Å²) in [6.45, 7) is 1.89. The molecule has 0 aromatic carbocycles. The molecule has 18 heavy (non-hydrogen) atoms. The highest BCUT2D eigenvalue weighted by molar-refractivity contribution is 7.89. The summed E-state index contributed by atoms with van der Waals surface area (Å²) < 4.78 is 26.2. The van der Waals surface area contributed by atoms with Crippen LogP contribution in [0.1, 0.15) is 18.5 Å². The van der Waals surface area contributed by atoms with Gasteiger partial charge in [0.25, 0.3) is 0 Å². The molecule has 0 radical (unpaired) electrons. The quantitative estimate of drug-likeness (QED) is 0.704. The molecule has 3 N–H and O–H groups in total. The number of thiazole rings is 1. The van der Waals surface area contributed by atoms with E-state index in [9.17, 15) is 13.2 Å². The lowest BCUT2D eigenvalue weighted by Crippen LogP contribution is -2.37. The number of H-pyrrole nitrogens is 1. The van der Waals surface area contributed by atoms with Crippen LogP contribution in [-0.2, 0) is 16.6 Å². The van der Waals surface area contributed by atoms with Crippen LogP contribution < -0.4 is 14.9 Å². The molecule has 6 nitrogen and oxygen atoms in total. The van der Waals surface area contributed by atoms with Crippen LogP contribution in [0.5, 0.6) is 0 Å². The second-order valence-corrected chi connectivity index (χ2v) is 7.18. The fourth-order valence-electron chi connectivity index (χ4n) is 2.02. The summed E-state index contributed by atoms with van der Waals surface area (Å²) >= 11 is 1.03. The van der Waals surface area contributed by atoms with E-state index in [0.717, 1.165) is 37.3 Å². The molecule has 0 amide bonds. The molecule has 8 heteroatoms. The summed E-state index contributed by atoms with van der Waals surface area (Å²) in [5.74, 6) is 0.326. The molecule has 1 aliphatic heterocycles. The van der Waals surface area contributed by atoms with Crippen molar-refractivity contribution in [1.29, 1.82) is 0 Å². The fraction of sp³-hybridized carbons (Fsp3) is 0.700. The van der Waals surface area contributed by atoms with E-state index in [-0.39, 0.29) is 23.1 Å². The number of sulfonamides is 1. The van der Waals surface area contributed by atoms with Gasteiger partial charge in [-0.3, -0.25) is 4.79 Å². The Kier molecular flexibility index (Phi) is 4.55. The Hall–Kier alpha value is -0.700. The Morgan fingerprint density at radius 1 is 1.50 bits per heavy atom. The average Bonchev–Trinajstić information content (AvgIpc) is 2.74. The highest BCUT2D eigenvalue weighted by Gasteiger charge is 2.20. The number of hydrogen-bond donors (Lipinski definition) is 3. The van der Waals surface area contributed by atoms with Crippen molar-refractivity contribution >= 4 is 21.4 Å². The SMILES string of the molecule is O=c1[nH]c(CNS(=O)(=O)CC2CCCNC2)cs1. The molecule has 1 fully saturated rings. The minimum Gasteiger partial charge on any atom is -0.316 e. The van der Waals surface area contributed by atoms with Gasteiger partial charge in [0.2, 0.25) is 10.0 Å². The van der Waals surface area contributed by atoms with Crippen molar-refractivity contribution in [2.45, 2.75) is 19.4 Å². The van der Waals surface area contributed by atoms with E-state index in [4.69, 9.17) is 0 Å². The van der Waals surface area contributed by atoms with Crippen LogP contribution in [0.4, 0.5) is 0 Å². The van der Waals surface area contributed by atoms with E-state index in [2.05, 4.69) is 15.0 Å². The number of piperidine rings is 1. The molecule has 0 spiro atoms. The van der Waals surface area contributed by atoms with E-state index in [1.165, 1.54) is 0 Å². The number of rotatable bonds is 5. The monoisotopic (exact) mass is 291 g/mol. The predicted octanol–water partition coefficient (Wildman–Crippen LogP) is -0.145. The van der Waals surface area contributed by atoms with E-state index >= 15 is 0 Å². The molecular weight excluding hydrogens is 274 g/mol. The third-order valence-electron chi connectivity index (χ3n) is 2.91. The van der Waals surface area contributed by atoms with Gasteiger partial charge in [0.1, 0.15) is 0 Å². The smallest absolute Gasteiger partial charge is 0.304 e. The Morgan fingerprint density at radius 3 is 2.94 bits per heavy atom. The first-order valence-corrected chi connectivity index (χ1v) is 8.43. The molecule has 1 atom stereocenters. The Balaban J connectivity index is 1.85. The maximum absolute atomic E-state index is 11.9. The topological polar surface area (TPSA) is 91.1 Å². The zero-order valence-corrected chi connectivity index (χ0v) is 11.6. The van der Waals surface area contributed by atoms with Gasteiger partial charge in [-0.05, 0) is 31.8 Å². The zero-order valence-electron chi connectivity index (χ0n) is 9.94. The van der Waals surface area contributed by atoms with Crippen molar-refractivity contribution in [2.75, 3.05) is 18.8 Å². The summed E-state index contributed by atoms with van der Waals surface area (Å²) in [7, 11) is -3.28. The van der Waals surface area contributed by atoms with Crippen molar-refractivity contribution < 1.29 is 8.42 Å². The molecule has 0 saturated carbocycles. The van der Waals surface area contributed by atoms with Crippen LogP contribution in [0.15, 0.2) is 10.2 Å². The van der Waals surface area contributed by atoms with Gasteiger partial charge in [0.05, 0.1) is 12.3 Å². The van der Waals surface area contributed by atoms with Gasteiger partial charge >= 0.3 is 4.87 Å². The number of nitrogens with one attached hydrogen (secondary N) is 3. The first kappa shape index (κ1) is 13.7. The van der Waals surface area contributed by atoms with Gasteiger partial charge < -0.3 is 10.3 Å². The van der Waals surface area contributed by atoms with Crippen LogP contribution in [0.2, 0.25) is 0 Å². The van der Waals surface area contributed by atoms with Gasteiger partial charge in [0, 0.05) is 11.1 Å². The third kappa shape index (κ3) is 4.20. The molecule has 2 rings (SSSR count). The van der Waals surface area contributed by atoms with Gasteiger partial charge in [0.15, 0.2) is 0 Å². The predicted molar refractivity (Wildman–Crippen MR) is 71.2 cm³/mol. The molecule has 1 aromatic rings. The highest BCUT2D eigenvalue weighted by atomic mass is 32.2. The van der Waals surface area contributed by atoms with Crippen LogP contribution in [0, 0.1) is 5.92 Å². The molecule has 1 saturated heterocycles. The number of aromatic amines is 1. The molecular formula is C10H17N3O3S2. The van der Waals surface area contributed by atoms with Crippen molar-refractivity contribution in [3.63, 3.8) is 0 Å². The van der Waals surface area contributed by atoms with Crippen molar-refractivity contribution in [3.8, 4) is 0 Å². The van der Waals surface area contributed by atoms with Gasteiger partial charge in [-0.15, -0.1) is 0 Å². The van der Waals surface area contributed by atoms with Crippen molar-refractivity contribution in [2.24, 2.45) is 5.92 Å². The Morgan fingerprint density at radius 2 is 2.33 bits per heavy atom. The van der Waals surface area contributed by atoms with Gasteiger partial charge in [-0.1, -0.05) is 11.3 Å². The molecule has 102 valence electrons. The third-order valence-corrected chi connectivity index (χ3v) is 5.12. The number of hydrogen-bond acceptors (Lipinski definition) is 5. The fourth-order valence-corrected chi connectivity index (χ4v) is 4.00. The van der Waals surface area contributed by atoms with E-state index in [1.54, 1.807) is 5.38 Å². The molecule has 2 heterocycles. The Bertz CT molecular complexity index is 529. The molecule has 0 aliphatic carbocycles. The van der Waals surface area contributed by atoms with Crippen LogP contribution in [-0.4, -0.2) is 32.2 Å². The second kappa shape index (κ2) is 5.96. The lowest BCUT2D eigenvalue weighted by Gasteiger charge is -2.22. The minimum absolute atomic E-state index is 0.147.